The maximum Gasteiger partial charge on any atom is 0.112 e. The minimum atomic E-state index is -3.72. The lowest BCUT2D eigenvalue weighted by molar-refractivity contribution is -0.201. The van der Waals surface area contributed by atoms with Gasteiger partial charge in [0.05, 0.1) is 6.61 Å². The Morgan fingerprint density at radius 3 is 2.56 bits per heavy atom. The van der Waals surface area contributed by atoms with E-state index in [0.29, 0.717) is 6.42 Å². The van der Waals surface area contributed by atoms with Crippen molar-refractivity contribution in [2.24, 2.45) is 0 Å². The second-order valence-electron chi connectivity index (χ2n) is 1.38. The maximum absolute atomic E-state index is 10.2. The van der Waals surface area contributed by atoms with Crippen LogP contribution in [0.25, 0.3) is 0 Å². The van der Waals surface area contributed by atoms with Gasteiger partial charge in [0.15, 0.2) is 0 Å². The van der Waals surface area contributed by atoms with Crippen molar-refractivity contribution in [3.8, 4) is 0 Å². The first kappa shape index (κ1) is 9.49. The topological polar surface area (TPSA) is 72.8 Å². The van der Waals surface area contributed by atoms with E-state index in [4.69, 9.17) is 10.00 Å². The Kier molecular flexibility index (Phi) is 4.56. The molecule has 0 bridgehead atoms. The fourth-order valence-electron chi connectivity index (χ4n) is 0.244. The van der Waals surface area contributed by atoms with Crippen molar-refractivity contribution in [2.75, 3.05) is 13.2 Å². The van der Waals surface area contributed by atoms with Gasteiger partial charge in [0.1, 0.15) is 6.72 Å². The van der Waals surface area contributed by atoms with Crippen LogP contribution in [0.15, 0.2) is 0 Å². The molecule has 0 aliphatic heterocycles. The van der Waals surface area contributed by atoms with Gasteiger partial charge in [0.2, 0.25) is 0 Å². The summed E-state index contributed by atoms with van der Waals surface area (Å²) in [4.78, 5) is 18.5. The van der Waals surface area contributed by atoms with Crippen molar-refractivity contribution in [3.63, 3.8) is 0 Å². The largest absolute Gasteiger partial charge is 0.780 e. The van der Waals surface area contributed by atoms with Gasteiger partial charge < -0.3 is 19.4 Å². The monoisotopic (exact) mass is 171 g/mol. The lowest BCUT2D eigenvalue weighted by atomic mass is 10.5. The van der Waals surface area contributed by atoms with Gasteiger partial charge >= 0.3 is 0 Å². The maximum atomic E-state index is 10.2. The number of aliphatic hydroxyl groups excluding tert-OH is 1. The Labute approximate surface area is 58.3 Å². The lowest BCUT2D eigenvalue weighted by Crippen LogP contribution is -2.04. The number of hydrogen-bond donors (Lipinski definition) is 2. The summed E-state index contributed by atoms with van der Waals surface area (Å²) in [5, 5.41) is 8.18. The van der Waals surface area contributed by atoms with Gasteiger partial charge in [0.25, 0.3) is 0 Å². The molecule has 0 saturated heterocycles. The van der Waals surface area contributed by atoms with Crippen LogP contribution in [-0.2, 0) is 16.3 Å². The molecular weight excluding hydrogens is 163 g/mol. The summed E-state index contributed by atoms with van der Waals surface area (Å²) in [5.41, 5.74) is 0. The molecule has 0 aromatic heterocycles. The smallest absolute Gasteiger partial charge is 0.112 e. The molecule has 0 radical (unpaired) electrons. The van der Waals surface area contributed by atoms with E-state index in [9.17, 15) is 4.89 Å². The van der Waals surface area contributed by atoms with Crippen molar-refractivity contribution >= 4 is 18.5 Å². The molecule has 0 aromatic carbocycles. The Morgan fingerprint density at radius 2 is 2.22 bits per heavy atom. The molecule has 0 spiro atoms. The van der Waals surface area contributed by atoms with Gasteiger partial charge in [-0.25, -0.2) is 0 Å². The predicted octanol–water partition coefficient (Wildman–Crippen LogP) is -1.04. The Morgan fingerprint density at radius 1 is 1.67 bits per heavy atom. The molecule has 0 heterocycles. The van der Waals surface area contributed by atoms with Crippen molar-refractivity contribution < 1.29 is 19.4 Å². The van der Waals surface area contributed by atoms with Gasteiger partial charge in [-0.3, -0.25) is 0 Å². The van der Waals surface area contributed by atoms with Crippen LogP contribution < -0.4 is 4.89 Å². The molecule has 0 fully saturated rings. The fourth-order valence-corrected chi connectivity index (χ4v) is 0.828. The van der Waals surface area contributed by atoms with E-state index in [1.807, 2.05) is 0 Å². The van der Waals surface area contributed by atoms with Crippen LogP contribution in [-0.4, -0.2) is 23.2 Å². The van der Waals surface area contributed by atoms with E-state index in [1.54, 1.807) is 0 Å². The molecule has 0 aliphatic rings. The van der Waals surface area contributed by atoms with Crippen LogP contribution in [0.1, 0.15) is 6.42 Å². The molecule has 56 valence electrons. The third-order valence-corrected chi connectivity index (χ3v) is 1.38. The summed E-state index contributed by atoms with van der Waals surface area (Å²) in [6.07, 6.45) is 0.335. The molecule has 0 rings (SSSR count). The molecule has 4 nitrogen and oxygen atoms in total. The SMILES string of the molecule is [O-]P(O)(=S)OCCCO. The quantitative estimate of drug-likeness (QED) is 0.417. The van der Waals surface area contributed by atoms with Gasteiger partial charge in [-0.05, 0) is 6.42 Å². The van der Waals surface area contributed by atoms with Crippen LogP contribution in [0.4, 0.5) is 0 Å². The van der Waals surface area contributed by atoms with E-state index >= 15 is 0 Å². The summed E-state index contributed by atoms with van der Waals surface area (Å²) >= 11 is 4.01. The molecule has 0 saturated carbocycles. The highest BCUT2D eigenvalue weighted by Gasteiger charge is 1.93. The minimum absolute atomic E-state index is 0.0355. The van der Waals surface area contributed by atoms with Crippen LogP contribution in [0.3, 0.4) is 0 Å². The van der Waals surface area contributed by atoms with E-state index in [1.165, 1.54) is 0 Å². The summed E-state index contributed by atoms with van der Waals surface area (Å²) in [6, 6.07) is 0. The third kappa shape index (κ3) is 8.49. The highest BCUT2D eigenvalue weighted by atomic mass is 32.5. The van der Waals surface area contributed by atoms with E-state index in [2.05, 4.69) is 16.3 Å². The molecule has 1 unspecified atom stereocenters. The van der Waals surface area contributed by atoms with Crippen molar-refractivity contribution in [3.05, 3.63) is 0 Å². The molecule has 0 aliphatic carbocycles. The van der Waals surface area contributed by atoms with Crippen molar-refractivity contribution in [1.82, 2.24) is 0 Å². The minimum Gasteiger partial charge on any atom is -0.780 e. The van der Waals surface area contributed by atoms with Crippen molar-refractivity contribution in [2.45, 2.75) is 6.42 Å². The molecule has 0 aromatic rings. The molecule has 0 amide bonds. The second-order valence-corrected chi connectivity index (χ2v) is 3.96. The predicted molar refractivity (Wildman–Crippen MR) is 34.2 cm³/mol. The summed E-state index contributed by atoms with van der Waals surface area (Å²) in [5.74, 6) is 0. The van der Waals surface area contributed by atoms with Crippen LogP contribution in [0.5, 0.6) is 0 Å². The van der Waals surface area contributed by atoms with Crippen LogP contribution in [0, 0.1) is 0 Å². The highest BCUT2D eigenvalue weighted by molar-refractivity contribution is 8.06. The molecule has 2 N–H and O–H groups in total. The van der Waals surface area contributed by atoms with Crippen LogP contribution >= 0.6 is 6.72 Å². The van der Waals surface area contributed by atoms with Crippen molar-refractivity contribution in [1.29, 1.82) is 0 Å². The molecule has 6 heteroatoms. The number of rotatable bonds is 4. The zero-order valence-corrected chi connectivity index (χ0v) is 6.40. The Balaban J connectivity index is 3.18. The first-order valence-electron chi connectivity index (χ1n) is 2.35. The Hall–Kier alpha value is 0.490. The normalized spacial score (nSPS) is 17.2. The summed E-state index contributed by atoms with van der Waals surface area (Å²) < 4.78 is 4.24. The summed E-state index contributed by atoms with van der Waals surface area (Å²) in [6.45, 7) is -3.75. The van der Waals surface area contributed by atoms with Gasteiger partial charge in [-0.2, -0.15) is 0 Å². The molecule has 1 atom stereocenters. The Bertz CT molecular complexity index is 110. The van der Waals surface area contributed by atoms with E-state index < -0.39 is 6.72 Å². The van der Waals surface area contributed by atoms with Crippen LogP contribution in [0.2, 0.25) is 0 Å². The van der Waals surface area contributed by atoms with E-state index in [-0.39, 0.29) is 13.2 Å². The van der Waals surface area contributed by atoms with Gasteiger partial charge in [-0.15, -0.1) is 0 Å². The zero-order valence-electron chi connectivity index (χ0n) is 4.69. The van der Waals surface area contributed by atoms with Gasteiger partial charge in [0, 0.05) is 6.61 Å². The lowest BCUT2D eigenvalue weighted by Gasteiger charge is -2.19. The second kappa shape index (κ2) is 4.33. The third-order valence-electron chi connectivity index (χ3n) is 0.557. The average molecular weight is 171 g/mol. The zero-order chi connectivity index (χ0) is 7.33. The first-order chi connectivity index (χ1) is 4.06. The highest BCUT2D eigenvalue weighted by Crippen LogP contribution is 2.30. The summed E-state index contributed by atoms with van der Waals surface area (Å²) in [7, 11) is 0. The number of hydrogen-bond acceptors (Lipinski definition) is 4. The fraction of sp³-hybridized carbons (Fsp3) is 1.00. The average Bonchev–Trinajstić information content (AvgIpc) is 1.63. The standard InChI is InChI=1S/C3H9O4PS/c4-2-1-3-7-8(5,6)9/h4H,1-3H2,(H2,5,6,9)/p-1. The van der Waals surface area contributed by atoms with E-state index in [0.717, 1.165) is 0 Å². The molecular formula is C3H8O4PS-. The molecule has 9 heavy (non-hydrogen) atoms. The first-order valence-corrected chi connectivity index (χ1v) is 4.94. The van der Waals surface area contributed by atoms with Gasteiger partial charge in [-0.1, -0.05) is 11.8 Å². The number of aliphatic hydroxyl groups is 1.